The van der Waals surface area contributed by atoms with Gasteiger partial charge >= 0.3 is 0 Å². The molecule has 102 valence electrons. The lowest BCUT2D eigenvalue weighted by Gasteiger charge is -2.15. The van der Waals surface area contributed by atoms with Crippen LogP contribution in [0.2, 0.25) is 0 Å². The summed E-state index contributed by atoms with van der Waals surface area (Å²) < 4.78 is 8.46. The second-order valence-electron chi connectivity index (χ2n) is 4.57. The van der Waals surface area contributed by atoms with Gasteiger partial charge in [-0.05, 0) is 32.4 Å². The van der Waals surface area contributed by atoms with Crippen LogP contribution >= 0.6 is 11.7 Å². The van der Waals surface area contributed by atoms with E-state index in [1.807, 2.05) is 19.1 Å². The fraction of sp³-hybridized carbons (Fsp3) is 0.462. The number of nitrogens with zero attached hydrogens (tertiary/aromatic N) is 2. The van der Waals surface area contributed by atoms with Gasteiger partial charge in [0.05, 0.1) is 30.5 Å². The quantitative estimate of drug-likeness (QED) is 0.853. The van der Waals surface area contributed by atoms with E-state index in [9.17, 15) is 4.79 Å². The van der Waals surface area contributed by atoms with Crippen LogP contribution in [0.15, 0.2) is 12.1 Å². The van der Waals surface area contributed by atoms with E-state index in [1.54, 1.807) is 0 Å². The summed E-state index contributed by atoms with van der Waals surface area (Å²) in [5.74, 6) is 0.0299. The minimum absolute atomic E-state index is 0.0299. The fourth-order valence-corrected chi connectivity index (χ4v) is 2.56. The topological polar surface area (TPSA) is 59.3 Å². The molecule has 5 nitrogen and oxygen atoms in total. The van der Waals surface area contributed by atoms with Crippen molar-refractivity contribution in [1.29, 1.82) is 0 Å². The highest BCUT2D eigenvalue weighted by molar-refractivity contribution is 7.00. The second-order valence-corrected chi connectivity index (χ2v) is 5.10. The summed E-state index contributed by atoms with van der Waals surface area (Å²) in [6.45, 7) is 8.53. The predicted molar refractivity (Wildman–Crippen MR) is 77.7 cm³/mol. The molecule has 0 aliphatic rings. The number of aromatic nitrogens is 2. The monoisotopic (exact) mass is 279 g/mol. The van der Waals surface area contributed by atoms with E-state index < -0.39 is 0 Å². The molecule has 0 aliphatic carbocycles. The van der Waals surface area contributed by atoms with Gasteiger partial charge in [0, 0.05) is 0 Å². The molecule has 0 spiro atoms. The van der Waals surface area contributed by atoms with Crippen LogP contribution in [0.4, 0.5) is 5.69 Å². The molecule has 1 heterocycles. The minimum Gasteiger partial charge on any atom is -0.328 e. The number of amides is 1. The third-order valence-corrected chi connectivity index (χ3v) is 3.85. The Bertz CT molecular complexity index is 577. The van der Waals surface area contributed by atoms with E-state index >= 15 is 0 Å². The summed E-state index contributed by atoms with van der Waals surface area (Å²) in [6.07, 6.45) is 0. The average molecular weight is 279 g/mol. The van der Waals surface area contributed by atoms with Crippen molar-refractivity contribution < 1.29 is 9.69 Å². The summed E-state index contributed by atoms with van der Waals surface area (Å²) in [6, 6.07) is 3.89. The first-order chi connectivity index (χ1) is 9.15. The molecule has 1 amide bonds. The fourth-order valence-electron chi connectivity index (χ4n) is 2.02. The maximum atomic E-state index is 12.1. The number of hydrogen-bond acceptors (Lipinski definition) is 4. The van der Waals surface area contributed by atoms with Gasteiger partial charge in [0.15, 0.2) is 6.54 Å². The molecule has 0 saturated carbocycles. The number of likely N-dealkylation sites (N-methyl/N-ethyl adjacent to an activating group) is 1. The third-order valence-electron chi connectivity index (χ3n) is 3.31. The van der Waals surface area contributed by atoms with Gasteiger partial charge in [-0.25, -0.2) is 0 Å². The van der Waals surface area contributed by atoms with Crippen LogP contribution in [0.25, 0.3) is 11.0 Å². The third kappa shape index (κ3) is 3.08. The van der Waals surface area contributed by atoms with E-state index in [0.29, 0.717) is 6.54 Å². The zero-order valence-corrected chi connectivity index (χ0v) is 12.3. The maximum absolute atomic E-state index is 12.1. The number of anilines is 1. The van der Waals surface area contributed by atoms with Crippen molar-refractivity contribution in [2.24, 2.45) is 0 Å². The van der Waals surface area contributed by atoms with Crippen molar-refractivity contribution in [3.05, 3.63) is 17.7 Å². The number of carbonyl (C=O) groups excluding carboxylic acids is 1. The summed E-state index contributed by atoms with van der Waals surface area (Å²) in [4.78, 5) is 13.3. The molecule has 1 aromatic carbocycles. The van der Waals surface area contributed by atoms with Crippen molar-refractivity contribution in [1.82, 2.24) is 8.75 Å². The summed E-state index contributed by atoms with van der Waals surface area (Å²) >= 11 is 1.17. The first-order valence-electron chi connectivity index (χ1n) is 6.51. The average Bonchev–Trinajstić information content (AvgIpc) is 2.88. The van der Waals surface area contributed by atoms with Gasteiger partial charge in [0.2, 0.25) is 0 Å². The zero-order valence-electron chi connectivity index (χ0n) is 11.5. The van der Waals surface area contributed by atoms with Crippen LogP contribution in [0.1, 0.15) is 19.4 Å². The molecule has 0 saturated heterocycles. The minimum atomic E-state index is 0.0299. The van der Waals surface area contributed by atoms with Crippen LogP contribution in [0.3, 0.4) is 0 Å². The van der Waals surface area contributed by atoms with Crippen molar-refractivity contribution in [3.63, 3.8) is 0 Å². The molecule has 6 heteroatoms. The highest BCUT2D eigenvalue weighted by Gasteiger charge is 2.15. The molecule has 19 heavy (non-hydrogen) atoms. The lowest BCUT2D eigenvalue weighted by atomic mass is 10.1. The van der Waals surface area contributed by atoms with Crippen molar-refractivity contribution >= 4 is 34.4 Å². The summed E-state index contributed by atoms with van der Waals surface area (Å²) in [5.41, 5.74) is 3.43. The number of fused-ring (bicyclic) bond motifs is 1. The molecule has 0 bridgehead atoms. The normalized spacial score (nSPS) is 11.2. The van der Waals surface area contributed by atoms with Gasteiger partial charge in [0.1, 0.15) is 11.0 Å². The smallest absolute Gasteiger partial charge is 0.279 e. The van der Waals surface area contributed by atoms with Crippen LogP contribution < -0.4 is 10.2 Å². The molecule has 0 aliphatic heterocycles. The molecule has 0 fully saturated rings. The molecule has 0 unspecified atom stereocenters. The largest absolute Gasteiger partial charge is 0.328 e. The molecule has 2 aromatic rings. The lowest BCUT2D eigenvalue weighted by molar-refractivity contribution is -0.888. The van der Waals surface area contributed by atoms with Gasteiger partial charge in [0.25, 0.3) is 5.91 Å². The summed E-state index contributed by atoms with van der Waals surface area (Å²) in [5, 5.41) is 2.98. The van der Waals surface area contributed by atoms with E-state index in [0.717, 1.165) is 35.4 Å². The molecule has 1 aromatic heterocycles. The second kappa shape index (κ2) is 6.08. The Morgan fingerprint density at radius 2 is 2.05 bits per heavy atom. The molecule has 0 radical (unpaired) electrons. The van der Waals surface area contributed by atoms with Crippen LogP contribution in [-0.4, -0.2) is 34.3 Å². The van der Waals surface area contributed by atoms with Crippen molar-refractivity contribution in [2.45, 2.75) is 20.8 Å². The number of benzene rings is 1. The Kier molecular flexibility index (Phi) is 4.44. The number of rotatable bonds is 5. The zero-order chi connectivity index (χ0) is 13.8. The number of nitrogens with one attached hydrogen (secondary N) is 2. The van der Waals surface area contributed by atoms with E-state index in [4.69, 9.17) is 0 Å². The number of hydrogen-bond donors (Lipinski definition) is 2. The predicted octanol–water partition coefficient (Wildman–Crippen LogP) is 0.863. The standard InChI is InChI=1S/C13H18N4OS/c1-4-17(5-2)8-11(18)14-12-9(3)6-7-10-13(12)16-19-15-10/h6-7H,4-5,8H2,1-3H3,(H,14,18)/p+1. The van der Waals surface area contributed by atoms with E-state index in [-0.39, 0.29) is 5.91 Å². The Morgan fingerprint density at radius 3 is 2.74 bits per heavy atom. The van der Waals surface area contributed by atoms with Gasteiger partial charge in [-0.3, -0.25) is 4.79 Å². The maximum Gasteiger partial charge on any atom is 0.279 e. The van der Waals surface area contributed by atoms with Crippen molar-refractivity contribution in [2.75, 3.05) is 25.0 Å². The lowest BCUT2D eigenvalue weighted by Crippen LogP contribution is -3.12. The highest BCUT2D eigenvalue weighted by Crippen LogP contribution is 2.25. The van der Waals surface area contributed by atoms with Crippen molar-refractivity contribution in [3.8, 4) is 0 Å². The number of quaternary nitrogens is 1. The van der Waals surface area contributed by atoms with Gasteiger partial charge in [-0.15, -0.1) is 0 Å². The summed E-state index contributed by atoms with van der Waals surface area (Å²) in [7, 11) is 0. The number of carbonyl (C=O) groups is 1. The Balaban J connectivity index is 2.18. The Labute approximate surface area is 117 Å². The highest BCUT2D eigenvalue weighted by atomic mass is 32.1. The molecular weight excluding hydrogens is 260 g/mol. The molecular formula is C13H19N4OS+. The Morgan fingerprint density at radius 1 is 1.32 bits per heavy atom. The molecule has 2 rings (SSSR count). The molecule has 0 atom stereocenters. The molecule has 2 N–H and O–H groups in total. The van der Waals surface area contributed by atoms with Crippen LogP contribution in [0, 0.1) is 6.92 Å². The van der Waals surface area contributed by atoms with Gasteiger partial charge < -0.3 is 10.2 Å². The van der Waals surface area contributed by atoms with Gasteiger partial charge in [-0.2, -0.15) is 8.75 Å². The SMILES string of the molecule is CC[NH+](CC)CC(=O)Nc1c(C)ccc2nsnc12. The van der Waals surface area contributed by atoms with Crippen LogP contribution in [-0.2, 0) is 4.79 Å². The number of aryl methyl sites for hydroxylation is 1. The Hall–Kier alpha value is -1.53. The van der Waals surface area contributed by atoms with Gasteiger partial charge in [-0.1, -0.05) is 6.07 Å². The first-order valence-corrected chi connectivity index (χ1v) is 7.24. The van der Waals surface area contributed by atoms with Crippen LogP contribution in [0.5, 0.6) is 0 Å². The van der Waals surface area contributed by atoms with E-state index in [1.165, 1.54) is 16.6 Å². The van der Waals surface area contributed by atoms with E-state index in [2.05, 4.69) is 27.9 Å². The first kappa shape index (κ1) is 13.9.